The molecule has 21 heteroatoms. The normalized spacial score (nSPS) is 11.8. The molecule has 123 heavy (non-hydrogen) atoms. The Morgan fingerprint density at radius 3 is 0.878 bits per heavy atom. The molecule has 9 N–H and O–H groups in total. The maximum Gasteiger partial charge on any atom is 0.320 e. The number of nitrogens with two attached hydrogens (primary N) is 3. The Hall–Kier alpha value is -11.5. The van der Waals surface area contributed by atoms with Crippen molar-refractivity contribution in [3.8, 4) is 34.5 Å². The lowest BCUT2D eigenvalue weighted by molar-refractivity contribution is -0.139. The second-order valence-electron chi connectivity index (χ2n) is 31.1. The molecule has 0 fully saturated rings. The van der Waals surface area contributed by atoms with Gasteiger partial charge in [0.15, 0.2) is 0 Å². The van der Waals surface area contributed by atoms with Crippen molar-refractivity contribution in [3.63, 3.8) is 0 Å². The molecule has 0 unspecified atom stereocenters. The van der Waals surface area contributed by atoms with E-state index in [0.29, 0.717) is 144 Å². The van der Waals surface area contributed by atoms with E-state index in [-0.39, 0.29) is 0 Å². The Balaban J connectivity index is 0.000000193. The number of hydrogen-bond donors (Lipinski definition) is 6. The largest absolute Gasteiger partial charge is 0.489 e. The Labute approximate surface area is 738 Å². The van der Waals surface area contributed by atoms with Crippen LogP contribution in [0.2, 0.25) is 15.1 Å². The summed E-state index contributed by atoms with van der Waals surface area (Å²) >= 11 is 19.4. The molecule has 642 valence electrons. The number of hydrogen-bond acceptors (Lipinski definition) is 15. The first-order valence-electron chi connectivity index (χ1n) is 41.1. The fourth-order valence-corrected chi connectivity index (χ4v) is 14.6. The second kappa shape index (κ2) is 48.4. The van der Waals surface area contributed by atoms with E-state index in [1.807, 2.05) is 213 Å². The number of halogens is 3. The van der Waals surface area contributed by atoms with Gasteiger partial charge in [0.1, 0.15) is 92.3 Å². The van der Waals surface area contributed by atoms with Gasteiger partial charge in [-0.2, -0.15) is 0 Å². The van der Waals surface area contributed by atoms with Crippen LogP contribution in [0.25, 0.3) is 0 Å². The van der Waals surface area contributed by atoms with Gasteiger partial charge in [0.25, 0.3) is 0 Å². The second-order valence-corrected chi connectivity index (χ2v) is 32.3. The number of carboxylic acid groups (broad SMARTS) is 3. The fourth-order valence-electron chi connectivity index (χ4n) is 14.0. The van der Waals surface area contributed by atoms with Gasteiger partial charge in [0.2, 0.25) is 0 Å². The summed E-state index contributed by atoms with van der Waals surface area (Å²) in [4.78, 5) is 40.9. The predicted octanol–water partition coefficient (Wildman–Crippen LogP) is 20.8. The number of carboxylic acids is 3. The number of aliphatic carboxylic acids is 3. The minimum absolute atomic E-state index is 0.293. The van der Waals surface area contributed by atoms with Crippen LogP contribution in [0.1, 0.15) is 119 Å². The molecule has 3 atom stereocenters. The van der Waals surface area contributed by atoms with Crippen LogP contribution in [0.4, 0.5) is 0 Å². The van der Waals surface area contributed by atoms with Gasteiger partial charge in [-0.15, -0.1) is 0 Å². The zero-order chi connectivity index (χ0) is 87.6. The van der Waals surface area contributed by atoms with Gasteiger partial charge in [-0.3, -0.25) is 29.1 Å². The van der Waals surface area contributed by atoms with Crippen LogP contribution in [0.5, 0.6) is 34.5 Å². The predicted molar refractivity (Wildman–Crippen MR) is 490 cm³/mol. The minimum Gasteiger partial charge on any atom is -0.489 e. The molecular weight excluding hydrogens is 1610 g/mol. The van der Waals surface area contributed by atoms with Crippen molar-refractivity contribution < 1.29 is 58.1 Å². The molecule has 0 amide bonds. The molecule has 0 bridgehead atoms. The lowest BCUT2D eigenvalue weighted by atomic mass is 10.1. The molecule has 0 aliphatic carbocycles. The third kappa shape index (κ3) is 31.7. The zero-order valence-corrected chi connectivity index (χ0v) is 72.9. The van der Waals surface area contributed by atoms with Crippen molar-refractivity contribution in [1.82, 2.24) is 14.7 Å². The van der Waals surface area contributed by atoms with Crippen LogP contribution in [-0.4, -0.2) is 85.7 Å². The van der Waals surface area contributed by atoms with Crippen molar-refractivity contribution in [1.29, 1.82) is 0 Å². The highest BCUT2D eigenvalue weighted by molar-refractivity contribution is 6.32. The highest BCUT2D eigenvalue weighted by Gasteiger charge is 2.24. The molecule has 0 spiro atoms. The smallest absolute Gasteiger partial charge is 0.320 e. The van der Waals surface area contributed by atoms with Gasteiger partial charge in [-0.1, -0.05) is 287 Å². The van der Waals surface area contributed by atoms with Crippen LogP contribution in [0.3, 0.4) is 0 Å². The van der Waals surface area contributed by atoms with E-state index >= 15 is 0 Å². The van der Waals surface area contributed by atoms with Gasteiger partial charge < -0.3 is 60.9 Å². The van der Waals surface area contributed by atoms with Crippen LogP contribution in [0.15, 0.2) is 273 Å². The summed E-state index contributed by atoms with van der Waals surface area (Å²) in [6.07, 6.45) is 0.887. The van der Waals surface area contributed by atoms with Gasteiger partial charge >= 0.3 is 17.9 Å². The van der Waals surface area contributed by atoms with Gasteiger partial charge in [-0.05, 0) is 149 Å². The maximum atomic E-state index is 11.5. The highest BCUT2D eigenvalue weighted by Crippen LogP contribution is 2.35. The van der Waals surface area contributed by atoms with Crippen molar-refractivity contribution in [2.24, 2.45) is 17.2 Å². The number of carbonyl (C=O) groups is 3. The lowest BCUT2D eigenvalue weighted by Crippen LogP contribution is -2.35. The number of rotatable bonds is 42. The Morgan fingerprint density at radius 2 is 0.545 bits per heavy atom. The number of nitrogens with zero attached hydrogens (tertiary/aromatic N) is 3. The first kappa shape index (κ1) is 93.7. The van der Waals surface area contributed by atoms with E-state index in [1.54, 1.807) is 0 Å². The minimum atomic E-state index is -1.02. The Kier molecular flexibility index (Phi) is 36.9. The van der Waals surface area contributed by atoms with Crippen molar-refractivity contribution in [2.75, 3.05) is 19.6 Å². The molecule has 0 saturated heterocycles. The quantitative estimate of drug-likeness (QED) is 0.0208. The van der Waals surface area contributed by atoms with Crippen LogP contribution < -0.4 is 45.6 Å². The Morgan fingerprint density at radius 1 is 0.285 bits per heavy atom. The molecule has 18 nitrogen and oxygen atoms in total. The maximum absolute atomic E-state index is 11.5. The number of benzene rings is 12. The summed E-state index contributed by atoms with van der Waals surface area (Å²) < 4.78 is 37.4. The van der Waals surface area contributed by atoms with E-state index in [9.17, 15) is 29.7 Å². The number of para-hydroxylation sites is 4. The molecular formula is C102H111Cl3N6O12. The first-order chi connectivity index (χ1) is 59.3. The summed E-state index contributed by atoms with van der Waals surface area (Å²) in [5.74, 6) is 1.34. The third-order valence-electron chi connectivity index (χ3n) is 20.5. The molecule has 12 aromatic rings. The summed E-state index contributed by atoms with van der Waals surface area (Å²) in [6, 6.07) is 87.1. The average Bonchev–Trinajstić information content (AvgIpc) is 0.838. The van der Waals surface area contributed by atoms with E-state index in [4.69, 9.17) is 80.4 Å². The van der Waals surface area contributed by atoms with Gasteiger partial charge in [0, 0.05) is 102 Å². The van der Waals surface area contributed by atoms with E-state index in [2.05, 4.69) is 116 Å². The SMILES string of the molecule is Cc1cccc(COc2ccccc2CN(CC[C@H](N)C(=O)O)Cc2cc(Cl)ccc2OCc2cccc(C)c2)c1.Cc1cccc(COc2ccccc2CN(CC[C@H](N)C(=O)O)Cc2ccc(Cl)cc2OCc2cccc(C)c2)c1.Cc1cccc(COc2ccccc2CN(CC[C@H](N)C(=O)O)Cc2cccc(Cl)c2OCc2cccc(C)c2)c1. The van der Waals surface area contributed by atoms with Crippen LogP contribution in [-0.2, 0) is 93.3 Å². The molecule has 0 aliphatic rings. The average molecular weight is 1720 g/mol. The topological polar surface area (TPSA) is 255 Å². The van der Waals surface area contributed by atoms with Crippen LogP contribution in [0, 0.1) is 41.5 Å². The summed E-state index contributed by atoms with van der Waals surface area (Å²) in [6.45, 7) is 19.4. The zero-order valence-electron chi connectivity index (χ0n) is 70.7. The van der Waals surface area contributed by atoms with Crippen LogP contribution >= 0.6 is 34.8 Å². The summed E-state index contributed by atoms with van der Waals surface area (Å²) in [7, 11) is 0. The Bertz CT molecular complexity index is 5300. The monoisotopic (exact) mass is 1720 g/mol. The fraction of sp³-hybridized carbons (Fsp3) is 0.265. The number of ether oxygens (including phenoxy) is 6. The van der Waals surface area contributed by atoms with E-state index < -0.39 is 36.0 Å². The molecule has 0 heterocycles. The van der Waals surface area contributed by atoms with E-state index in [0.717, 1.165) is 95.3 Å². The standard InChI is InChI=1S/3C34H37ClN2O4/c1-24-8-5-10-26(18-24)22-40-32-15-4-3-12-28(32)20-37(17-16-31(36)34(38)39)21-29-13-7-14-30(35)33(29)41-23-27-11-6-9-25(2)19-27;1-24-7-5-9-26(17-24)22-40-32-12-4-3-11-28(32)20-37(16-15-31(36)34(38)39)21-29-19-30(35)13-14-33(29)41-23-27-10-6-8-25(2)18-27;1-24-7-5-9-26(17-24)22-40-32-12-4-3-11-28(32)20-37(16-15-31(36)34(38)39)21-29-13-14-30(35)19-33(29)41-23-27-10-6-8-25(2)18-27/h3-15,18-19,31H,16-17,20-23,36H2,1-2H3,(H,38,39);2*3-14,17-19,31H,15-16,20-23,36H2,1-2H3,(H,38,39)/t3*31-/m000/s1. The highest BCUT2D eigenvalue weighted by atomic mass is 35.5. The molecule has 12 aromatic carbocycles. The molecule has 0 aliphatic heterocycles. The molecule has 0 saturated carbocycles. The van der Waals surface area contributed by atoms with Gasteiger partial charge in [0.05, 0.1) is 5.02 Å². The molecule has 0 radical (unpaired) electrons. The first-order valence-corrected chi connectivity index (χ1v) is 42.3. The molecule has 12 rings (SSSR count). The van der Waals surface area contributed by atoms with Crippen molar-refractivity contribution >= 4 is 52.7 Å². The van der Waals surface area contributed by atoms with Crippen molar-refractivity contribution in [2.45, 2.75) is 158 Å². The molecule has 0 aromatic heterocycles. The van der Waals surface area contributed by atoms with E-state index in [1.165, 1.54) is 27.8 Å². The summed E-state index contributed by atoms with van der Waals surface area (Å²) in [5.41, 5.74) is 37.0. The lowest BCUT2D eigenvalue weighted by Gasteiger charge is -2.26. The third-order valence-corrected chi connectivity index (χ3v) is 21.2. The van der Waals surface area contributed by atoms with Crippen molar-refractivity contribution in [3.05, 3.63) is 388 Å². The number of aryl methyl sites for hydroxylation is 6. The van der Waals surface area contributed by atoms with Gasteiger partial charge in [-0.25, -0.2) is 0 Å². The summed E-state index contributed by atoms with van der Waals surface area (Å²) in [5, 5.41) is 29.9.